The van der Waals surface area contributed by atoms with Gasteiger partial charge in [-0.05, 0) is 30.3 Å². The first kappa shape index (κ1) is 17.0. The molecule has 1 unspecified atom stereocenters. The number of H-pyrrole nitrogens is 1. The summed E-state index contributed by atoms with van der Waals surface area (Å²) in [5, 5.41) is 2.46. The molecular formula is C15H14ClN3O3S. The quantitative estimate of drug-likeness (QED) is 0.758. The van der Waals surface area contributed by atoms with Gasteiger partial charge in [-0.3, -0.25) is 5.32 Å². The van der Waals surface area contributed by atoms with E-state index in [0.29, 0.717) is 15.9 Å². The number of hydrogen-bond donors (Lipinski definition) is 2. The van der Waals surface area contributed by atoms with Crippen LogP contribution in [0.4, 0.5) is 10.7 Å². The minimum atomic E-state index is -1.27. The van der Waals surface area contributed by atoms with Crippen LogP contribution in [-0.4, -0.2) is 27.4 Å². The zero-order chi connectivity index (χ0) is 15.5. The molecule has 6 nitrogen and oxygen atoms in total. The maximum atomic E-state index is 12.5. The number of aromatic amines is 1. The number of methoxy groups -OCH3 is 1. The van der Waals surface area contributed by atoms with Crippen LogP contribution in [0.5, 0.6) is 0 Å². The molecule has 1 amide bonds. The van der Waals surface area contributed by atoms with Crippen LogP contribution >= 0.6 is 12.4 Å². The second kappa shape index (κ2) is 7.26. The Balaban J connectivity index is 0.00000192. The highest BCUT2D eigenvalue weighted by Gasteiger charge is 2.11. The van der Waals surface area contributed by atoms with Crippen molar-refractivity contribution >= 4 is 46.3 Å². The number of hydrogen-bond acceptors (Lipinski definition) is 4. The molecule has 1 heterocycles. The summed E-state index contributed by atoms with van der Waals surface area (Å²) >= 11 is 0. The standard InChI is InChI=1S/C15H13N3O3S.ClH/c1-21-15(19)18-14-16-12-8-7-11(9-13(12)17-14)22(20)10-5-3-2-4-6-10;/h2-9H,1H3,(H2,16,17,18,19);1H. The highest BCUT2D eigenvalue weighted by atomic mass is 35.5. The van der Waals surface area contributed by atoms with Gasteiger partial charge in [0.1, 0.15) is 0 Å². The fraction of sp³-hybridized carbons (Fsp3) is 0.0667. The van der Waals surface area contributed by atoms with E-state index in [9.17, 15) is 9.00 Å². The maximum absolute atomic E-state index is 12.5. The third-order valence-electron chi connectivity index (χ3n) is 3.03. The van der Waals surface area contributed by atoms with E-state index >= 15 is 0 Å². The first-order chi connectivity index (χ1) is 10.7. The van der Waals surface area contributed by atoms with Crippen molar-refractivity contribution < 1.29 is 13.7 Å². The fourth-order valence-electron chi connectivity index (χ4n) is 1.99. The summed E-state index contributed by atoms with van der Waals surface area (Å²) in [6.07, 6.45) is -0.604. The summed E-state index contributed by atoms with van der Waals surface area (Å²) in [5.41, 5.74) is 1.35. The number of imidazole rings is 1. The van der Waals surface area contributed by atoms with Crippen molar-refractivity contribution in [1.82, 2.24) is 9.97 Å². The van der Waals surface area contributed by atoms with Gasteiger partial charge in [-0.15, -0.1) is 12.4 Å². The van der Waals surface area contributed by atoms with Gasteiger partial charge < -0.3 is 9.72 Å². The van der Waals surface area contributed by atoms with Gasteiger partial charge in [0.2, 0.25) is 5.95 Å². The van der Waals surface area contributed by atoms with E-state index in [2.05, 4.69) is 20.0 Å². The first-order valence-electron chi connectivity index (χ1n) is 6.49. The molecule has 23 heavy (non-hydrogen) atoms. The zero-order valence-electron chi connectivity index (χ0n) is 12.1. The van der Waals surface area contributed by atoms with Crippen molar-refractivity contribution in [3.63, 3.8) is 0 Å². The van der Waals surface area contributed by atoms with Gasteiger partial charge in [0, 0.05) is 9.79 Å². The molecule has 120 valence electrons. The van der Waals surface area contributed by atoms with Gasteiger partial charge in [0.15, 0.2) is 0 Å². The monoisotopic (exact) mass is 351 g/mol. The Kier molecular flexibility index (Phi) is 5.36. The number of anilines is 1. The minimum Gasteiger partial charge on any atom is -0.453 e. The highest BCUT2D eigenvalue weighted by Crippen LogP contribution is 2.21. The number of nitrogens with one attached hydrogen (secondary N) is 2. The van der Waals surface area contributed by atoms with Crippen molar-refractivity contribution in [2.75, 3.05) is 12.4 Å². The van der Waals surface area contributed by atoms with Gasteiger partial charge in [-0.1, -0.05) is 18.2 Å². The lowest BCUT2D eigenvalue weighted by molar-refractivity contribution is 0.186. The molecule has 1 aromatic heterocycles. The maximum Gasteiger partial charge on any atom is 0.413 e. The molecule has 2 aromatic carbocycles. The molecule has 1 atom stereocenters. The Bertz CT molecular complexity index is 852. The number of nitrogens with zero attached hydrogens (tertiary/aromatic N) is 1. The van der Waals surface area contributed by atoms with E-state index in [1.807, 2.05) is 30.3 Å². The van der Waals surface area contributed by atoms with E-state index in [1.165, 1.54) is 7.11 Å². The number of benzene rings is 2. The lowest BCUT2D eigenvalue weighted by atomic mass is 10.3. The minimum absolute atomic E-state index is 0. The smallest absolute Gasteiger partial charge is 0.413 e. The summed E-state index contributed by atoms with van der Waals surface area (Å²) in [6.45, 7) is 0. The molecule has 0 aliphatic carbocycles. The molecule has 2 N–H and O–H groups in total. The Morgan fingerprint density at radius 2 is 1.91 bits per heavy atom. The Morgan fingerprint density at radius 1 is 1.17 bits per heavy atom. The van der Waals surface area contributed by atoms with Crippen LogP contribution in [0.1, 0.15) is 0 Å². The highest BCUT2D eigenvalue weighted by molar-refractivity contribution is 7.85. The molecule has 0 aliphatic heterocycles. The third kappa shape index (κ3) is 3.69. The number of halogens is 1. The molecule has 0 saturated carbocycles. The van der Waals surface area contributed by atoms with E-state index in [4.69, 9.17) is 0 Å². The molecule has 0 saturated heterocycles. The Hall–Kier alpha value is -2.38. The average molecular weight is 352 g/mol. The number of carbonyl (C=O) groups is 1. The van der Waals surface area contributed by atoms with Gasteiger partial charge >= 0.3 is 6.09 Å². The number of aromatic nitrogens is 2. The number of amides is 1. The van der Waals surface area contributed by atoms with Crippen LogP contribution in [0.15, 0.2) is 58.3 Å². The lowest BCUT2D eigenvalue weighted by Gasteiger charge is -2.01. The van der Waals surface area contributed by atoms with Crippen molar-refractivity contribution in [3.8, 4) is 0 Å². The van der Waals surface area contributed by atoms with Crippen LogP contribution in [0.2, 0.25) is 0 Å². The van der Waals surface area contributed by atoms with Crippen LogP contribution < -0.4 is 5.32 Å². The van der Waals surface area contributed by atoms with Crippen molar-refractivity contribution in [2.45, 2.75) is 9.79 Å². The Morgan fingerprint density at radius 3 is 2.61 bits per heavy atom. The van der Waals surface area contributed by atoms with Gasteiger partial charge in [-0.2, -0.15) is 0 Å². The molecule has 8 heteroatoms. The van der Waals surface area contributed by atoms with Crippen molar-refractivity contribution in [2.24, 2.45) is 0 Å². The number of rotatable bonds is 3. The van der Waals surface area contributed by atoms with Crippen LogP contribution in [-0.2, 0) is 15.5 Å². The molecule has 0 bridgehead atoms. The van der Waals surface area contributed by atoms with E-state index in [0.717, 1.165) is 4.90 Å². The third-order valence-corrected chi connectivity index (χ3v) is 4.41. The first-order valence-corrected chi connectivity index (χ1v) is 7.64. The van der Waals surface area contributed by atoms with Crippen LogP contribution in [0.25, 0.3) is 11.0 Å². The Labute approximate surface area is 141 Å². The van der Waals surface area contributed by atoms with E-state index in [-0.39, 0.29) is 18.4 Å². The summed E-state index contributed by atoms with van der Waals surface area (Å²) in [6, 6.07) is 14.5. The molecule has 3 rings (SSSR count). The van der Waals surface area contributed by atoms with Gasteiger partial charge in [-0.25, -0.2) is 14.0 Å². The van der Waals surface area contributed by atoms with Crippen molar-refractivity contribution in [1.29, 1.82) is 0 Å². The second-order valence-corrected chi connectivity index (χ2v) is 5.94. The van der Waals surface area contributed by atoms with Crippen molar-refractivity contribution in [3.05, 3.63) is 48.5 Å². The summed E-state index contributed by atoms with van der Waals surface area (Å²) in [7, 11) is 0.0112. The van der Waals surface area contributed by atoms with Gasteiger partial charge in [0.05, 0.1) is 28.9 Å². The van der Waals surface area contributed by atoms with E-state index < -0.39 is 16.9 Å². The number of ether oxygens (including phenoxy) is 1. The molecule has 0 spiro atoms. The van der Waals surface area contributed by atoms with Gasteiger partial charge in [0.25, 0.3) is 0 Å². The largest absolute Gasteiger partial charge is 0.453 e. The summed E-state index contributed by atoms with van der Waals surface area (Å²) in [4.78, 5) is 19.7. The average Bonchev–Trinajstić information content (AvgIpc) is 2.96. The molecule has 0 radical (unpaired) electrons. The van der Waals surface area contributed by atoms with Crippen LogP contribution in [0.3, 0.4) is 0 Å². The molecule has 3 aromatic rings. The fourth-order valence-corrected chi connectivity index (χ4v) is 3.08. The number of fused-ring (bicyclic) bond motifs is 1. The van der Waals surface area contributed by atoms with E-state index in [1.54, 1.807) is 18.2 Å². The zero-order valence-corrected chi connectivity index (χ0v) is 13.7. The normalized spacial score (nSPS) is 11.5. The topological polar surface area (TPSA) is 84.1 Å². The molecular weight excluding hydrogens is 338 g/mol. The summed E-state index contributed by atoms with van der Waals surface area (Å²) in [5.74, 6) is 0.282. The summed E-state index contributed by atoms with van der Waals surface area (Å²) < 4.78 is 17.0. The predicted octanol–water partition coefficient (Wildman–Crippen LogP) is 3.33. The number of carbonyl (C=O) groups excluding carboxylic acids is 1. The predicted molar refractivity (Wildman–Crippen MR) is 90.5 cm³/mol. The SMILES string of the molecule is COC(=O)Nc1nc2ccc(S(=O)c3ccccc3)cc2[nH]1.Cl. The lowest BCUT2D eigenvalue weighted by Crippen LogP contribution is -2.11. The van der Waals surface area contributed by atoms with Crippen LogP contribution in [0, 0.1) is 0 Å². The molecule has 0 aliphatic rings. The second-order valence-electron chi connectivity index (χ2n) is 4.46. The molecule has 0 fully saturated rings.